The van der Waals surface area contributed by atoms with Gasteiger partial charge in [-0.05, 0) is 58.2 Å². The minimum absolute atomic E-state index is 0.0264. The SMILES string of the molecule is O=C(NCC1(C(=O)O)CC1)C1CCCN1C1CCNCC1. The number of carboxylic acid groups (broad SMARTS) is 1. The highest BCUT2D eigenvalue weighted by Crippen LogP contribution is 2.45. The number of nitrogens with zero attached hydrogens (tertiary/aromatic N) is 1. The molecule has 6 heteroatoms. The van der Waals surface area contributed by atoms with Crippen molar-refractivity contribution in [3.63, 3.8) is 0 Å². The molecule has 1 amide bonds. The monoisotopic (exact) mass is 295 g/mol. The van der Waals surface area contributed by atoms with Gasteiger partial charge in [0.05, 0.1) is 11.5 Å². The Balaban J connectivity index is 1.54. The fourth-order valence-corrected chi connectivity index (χ4v) is 3.64. The van der Waals surface area contributed by atoms with Crippen LogP contribution in [0.2, 0.25) is 0 Å². The van der Waals surface area contributed by atoms with E-state index in [1.807, 2.05) is 0 Å². The molecule has 0 radical (unpaired) electrons. The minimum Gasteiger partial charge on any atom is -0.481 e. The Kier molecular flexibility index (Phi) is 4.17. The Morgan fingerprint density at radius 2 is 1.95 bits per heavy atom. The average Bonchev–Trinajstić information content (AvgIpc) is 3.14. The molecule has 3 N–H and O–H groups in total. The molecule has 0 aromatic heterocycles. The van der Waals surface area contributed by atoms with Crippen molar-refractivity contribution in [2.45, 2.75) is 50.6 Å². The summed E-state index contributed by atoms with van der Waals surface area (Å²) in [6.45, 7) is 3.33. The summed E-state index contributed by atoms with van der Waals surface area (Å²) in [4.78, 5) is 25.9. The molecule has 2 heterocycles. The van der Waals surface area contributed by atoms with Crippen molar-refractivity contribution in [1.29, 1.82) is 0 Å². The molecule has 3 fully saturated rings. The summed E-state index contributed by atoms with van der Waals surface area (Å²) in [5, 5.41) is 15.4. The highest BCUT2D eigenvalue weighted by atomic mass is 16.4. The van der Waals surface area contributed by atoms with Gasteiger partial charge in [-0.2, -0.15) is 0 Å². The molecule has 6 nitrogen and oxygen atoms in total. The Morgan fingerprint density at radius 1 is 1.24 bits per heavy atom. The van der Waals surface area contributed by atoms with Crippen molar-refractivity contribution in [3.8, 4) is 0 Å². The zero-order chi connectivity index (χ0) is 14.9. The number of rotatable bonds is 5. The Bertz CT molecular complexity index is 416. The molecule has 0 bridgehead atoms. The number of carbonyl (C=O) groups is 2. The molecular weight excluding hydrogens is 270 g/mol. The number of hydrogen-bond acceptors (Lipinski definition) is 4. The van der Waals surface area contributed by atoms with Gasteiger partial charge in [0, 0.05) is 12.6 Å². The van der Waals surface area contributed by atoms with Gasteiger partial charge in [-0.25, -0.2) is 0 Å². The largest absolute Gasteiger partial charge is 0.481 e. The molecule has 0 aromatic carbocycles. The Hall–Kier alpha value is -1.14. The first kappa shape index (κ1) is 14.8. The summed E-state index contributed by atoms with van der Waals surface area (Å²) in [5.74, 6) is -0.747. The number of carbonyl (C=O) groups excluding carboxylic acids is 1. The smallest absolute Gasteiger partial charge is 0.311 e. The van der Waals surface area contributed by atoms with Crippen molar-refractivity contribution < 1.29 is 14.7 Å². The summed E-state index contributed by atoms with van der Waals surface area (Å²) in [5.41, 5.74) is -0.673. The van der Waals surface area contributed by atoms with E-state index in [4.69, 9.17) is 5.11 Å². The van der Waals surface area contributed by atoms with E-state index in [0.29, 0.717) is 18.9 Å². The number of piperidine rings is 1. The predicted molar refractivity (Wildman–Crippen MR) is 77.9 cm³/mol. The second-order valence-corrected chi connectivity index (χ2v) is 6.68. The zero-order valence-electron chi connectivity index (χ0n) is 12.4. The fraction of sp³-hybridized carbons (Fsp3) is 0.867. The molecule has 1 atom stereocenters. The molecule has 3 rings (SSSR count). The maximum Gasteiger partial charge on any atom is 0.311 e. The van der Waals surface area contributed by atoms with Crippen LogP contribution >= 0.6 is 0 Å². The third-order valence-electron chi connectivity index (χ3n) is 5.28. The third-order valence-corrected chi connectivity index (χ3v) is 5.28. The average molecular weight is 295 g/mol. The number of nitrogens with one attached hydrogen (secondary N) is 2. The van der Waals surface area contributed by atoms with E-state index in [1.54, 1.807) is 0 Å². The fourth-order valence-electron chi connectivity index (χ4n) is 3.64. The van der Waals surface area contributed by atoms with E-state index in [1.165, 1.54) is 0 Å². The first-order valence-corrected chi connectivity index (χ1v) is 8.10. The Morgan fingerprint density at radius 3 is 2.57 bits per heavy atom. The molecule has 1 unspecified atom stereocenters. The van der Waals surface area contributed by atoms with Crippen LogP contribution in [0.15, 0.2) is 0 Å². The lowest BCUT2D eigenvalue weighted by Gasteiger charge is -2.35. The number of hydrogen-bond donors (Lipinski definition) is 3. The van der Waals surface area contributed by atoms with E-state index < -0.39 is 11.4 Å². The van der Waals surface area contributed by atoms with Crippen LogP contribution in [-0.4, -0.2) is 60.1 Å². The Labute approximate surface area is 125 Å². The maximum atomic E-state index is 12.4. The highest BCUT2D eigenvalue weighted by Gasteiger charge is 2.50. The van der Waals surface area contributed by atoms with E-state index in [9.17, 15) is 9.59 Å². The van der Waals surface area contributed by atoms with Crippen LogP contribution in [0.1, 0.15) is 38.5 Å². The molecule has 0 spiro atoms. The first-order chi connectivity index (χ1) is 10.1. The zero-order valence-corrected chi connectivity index (χ0v) is 12.4. The van der Waals surface area contributed by atoms with Crippen LogP contribution in [0, 0.1) is 5.41 Å². The van der Waals surface area contributed by atoms with Crippen molar-refractivity contribution in [1.82, 2.24) is 15.5 Å². The number of carboxylic acids is 1. The maximum absolute atomic E-state index is 12.4. The van der Waals surface area contributed by atoms with Crippen molar-refractivity contribution in [2.24, 2.45) is 5.41 Å². The molecule has 2 saturated heterocycles. The molecule has 21 heavy (non-hydrogen) atoms. The van der Waals surface area contributed by atoms with Crippen LogP contribution in [0.3, 0.4) is 0 Å². The van der Waals surface area contributed by atoms with Crippen LogP contribution in [0.25, 0.3) is 0 Å². The van der Waals surface area contributed by atoms with Gasteiger partial charge in [-0.3, -0.25) is 14.5 Å². The van der Waals surface area contributed by atoms with Gasteiger partial charge in [0.15, 0.2) is 0 Å². The van der Waals surface area contributed by atoms with Crippen molar-refractivity contribution in [3.05, 3.63) is 0 Å². The highest BCUT2D eigenvalue weighted by molar-refractivity contribution is 5.84. The van der Waals surface area contributed by atoms with E-state index in [-0.39, 0.29) is 18.5 Å². The second-order valence-electron chi connectivity index (χ2n) is 6.68. The van der Waals surface area contributed by atoms with Crippen molar-refractivity contribution in [2.75, 3.05) is 26.2 Å². The number of aliphatic carboxylic acids is 1. The van der Waals surface area contributed by atoms with Gasteiger partial charge < -0.3 is 15.7 Å². The van der Waals surface area contributed by atoms with Crippen LogP contribution in [-0.2, 0) is 9.59 Å². The molecule has 2 aliphatic heterocycles. The lowest BCUT2D eigenvalue weighted by atomic mass is 10.0. The molecule has 0 aromatic rings. The van der Waals surface area contributed by atoms with Crippen LogP contribution in [0.5, 0.6) is 0 Å². The predicted octanol–water partition coefficient (Wildman–Crippen LogP) is 0.184. The van der Waals surface area contributed by atoms with E-state index >= 15 is 0 Å². The van der Waals surface area contributed by atoms with Gasteiger partial charge in [-0.1, -0.05) is 0 Å². The normalized spacial score (nSPS) is 29.2. The summed E-state index contributed by atoms with van der Waals surface area (Å²) < 4.78 is 0. The van der Waals surface area contributed by atoms with E-state index in [2.05, 4.69) is 15.5 Å². The molecule has 3 aliphatic rings. The molecule has 1 aliphatic carbocycles. The number of amides is 1. The first-order valence-electron chi connectivity index (χ1n) is 8.10. The summed E-state index contributed by atoms with van der Waals surface area (Å²) in [7, 11) is 0. The topological polar surface area (TPSA) is 81.7 Å². The van der Waals surface area contributed by atoms with Gasteiger partial charge in [0.1, 0.15) is 0 Å². The van der Waals surface area contributed by atoms with Crippen molar-refractivity contribution >= 4 is 11.9 Å². The number of likely N-dealkylation sites (tertiary alicyclic amines) is 1. The summed E-state index contributed by atoms with van der Waals surface area (Å²) >= 11 is 0. The lowest BCUT2D eigenvalue weighted by molar-refractivity contribution is -0.143. The van der Waals surface area contributed by atoms with Gasteiger partial charge >= 0.3 is 5.97 Å². The minimum atomic E-state index is -0.774. The van der Waals surface area contributed by atoms with Gasteiger partial charge in [0.25, 0.3) is 0 Å². The quantitative estimate of drug-likeness (QED) is 0.674. The van der Waals surface area contributed by atoms with Gasteiger partial charge in [-0.15, -0.1) is 0 Å². The van der Waals surface area contributed by atoms with E-state index in [0.717, 1.165) is 45.3 Å². The summed E-state index contributed by atoms with van der Waals surface area (Å²) in [6.07, 6.45) is 5.53. The standard InChI is InChI=1S/C15H25N3O3/c19-13(17-10-15(5-6-15)14(20)21)12-2-1-9-18(12)11-3-7-16-8-4-11/h11-12,16H,1-10H2,(H,17,19)(H,20,21). The molecular formula is C15H25N3O3. The van der Waals surface area contributed by atoms with Crippen LogP contribution in [0.4, 0.5) is 0 Å². The van der Waals surface area contributed by atoms with Crippen LogP contribution < -0.4 is 10.6 Å². The van der Waals surface area contributed by atoms with Gasteiger partial charge in [0.2, 0.25) is 5.91 Å². The third kappa shape index (κ3) is 3.06. The lowest BCUT2D eigenvalue weighted by Crippen LogP contribution is -2.51. The molecule has 1 saturated carbocycles. The second kappa shape index (κ2) is 5.93. The molecule has 118 valence electrons. The summed E-state index contributed by atoms with van der Waals surface area (Å²) in [6, 6.07) is 0.441.